The van der Waals surface area contributed by atoms with Crippen LogP contribution in [0, 0.1) is 13.8 Å². The average molecular weight is 282 g/mol. The fourth-order valence-corrected chi connectivity index (χ4v) is 2.70. The average Bonchev–Trinajstić information content (AvgIpc) is 2.42. The smallest absolute Gasteiger partial charge is 0.0740 e. The fourth-order valence-electron chi connectivity index (χ4n) is 2.58. The molecule has 3 rings (SSSR count). The van der Waals surface area contributed by atoms with Crippen LogP contribution in [0.1, 0.15) is 22.3 Å². The van der Waals surface area contributed by atoms with E-state index in [0.717, 1.165) is 17.0 Å². The third-order valence-corrected chi connectivity index (χ3v) is 3.85. The molecule has 1 aromatic heterocycles. The van der Waals surface area contributed by atoms with E-state index in [2.05, 4.69) is 49.2 Å². The summed E-state index contributed by atoms with van der Waals surface area (Å²) in [4.78, 5) is 4.57. The van der Waals surface area contributed by atoms with Crippen molar-refractivity contribution in [3.8, 4) is 0 Å². The molecule has 2 aromatic carbocycles. The van der Waals surface area contributed by atoms with Gasteiger partial charge >= 0.3 is 0 Å². The largest absolute Gasteiger partial charge is 0.256 e. The molecular formula is C18H16ClN. The molecule has 0 aliphatic heterocycles. The van der Waals surface area contributed by atoms with Crippen molar-refractivity contribution >= 4 is 22.5 Å². The molecule has 0 amide bonds. The quantitative estimate of drug-likeness (QED) is 0.637. The molecule has 0 spiro atoms. The van der Waals surface area contributed by atoms with E-state index in [9.17, 15) is 0 Å². The van der Waals surface area contributed by atoms with Crippen molar-refractivity contribution in [1.82, 2.24) is 4.98 Å². The number of hydrogen-bond acceptors (Lipinski definition) is 1. The number of aromatic nitrogens is 1. The first-order valence-corrected chi connectivity index (χ1v) is 7.10. The number of fused-ring (bicyclic) bond motifs is 1. The van der Waals surface area contributed by atoms with Crippen LogP contribution in [0.5, 0.6) is 0 Å². The standard InChI is InChI=1S/C18H16ClN/c1-12-9-15(11-14-3-5-16(19)6-4-14)18-17(10-12)13(2)7-8-20-18/h3-10H,11H2,1-2H3. The Balaban J connectivity index is 2.11. The molecule has 0 saturated carbocycles. The third kappa shape index (κ3) is 2.54. The van der Waals surface area contributed by atoms with Gasteiger partial charge in [0.1, 0.15) is 0 Å². The monoisotopic (exact) mass is 281 g/mol. The summed E-state index contributed by atoms with van der Waals surface area (Å²) >= 11 is 5.94. The van der Waals surface area contributed by atoms with E-state index in [1.807, 2.05) is 18.3 Å². The Labute approximate surface area is 124 Å². The maximum absolute atomic E-state index is 5.94. The molecule has 100 valence electrons. The van der Waals surface area contributed by atoms with Gasteiger partial charge in [-0.2, -0.15) is 0 Å². The Morgan fingerprint density at radius 2 is 1.75 bits per heavy atom. The number of hydrogen-bond donors (Lipinski definition) is 0. The molecule has 20 heavy (non-hydrogen) atoms. The zero-order valence-corrected chi connectivity index (χ0v) is 12.4. The normalized spacial score (nSPS) is 10.9. The first-order valence-electron chi connectivity index (χ1n) is 6.73. The highest BCUT2D eigenvalue weighted by atomic mass is 35.5. The van der Waals surface area contributed by atoms with Gasteiger partial charge in [0.2, 0.25) is 0 Å². The maximum atomic E-state index is 5.94. The summed E-state index contributed by atoms with van der Waals surface area (Å²) in [5, 5.41) is 2.02. The van der Waals surface area contributed by atoms with Gasteiger partial charge in [-0.05, 0) is 61.2 Å². The zero-order valence-electron chi connectivity index (χ0n) is 11.7. The minimum atomic E-state index is 0.775. The van der Waals surface area contributed by atoms with E-state index in [1.165, 1.54) is 27.6 Å². The first-order chi connectivity index (χ1) is 9.63. The van der Waals surface area contributed by atoms with Gasteiger partial charge in [0, 0.05) is 16.6 Å². The molecule has 0 saturated heterocycles. The summed E-state index contributed by atoms with van der Waals surface area (Å²) < 4.78 is 0. The van der Waals surface area contributed by atoms with Gasteiger partial charge in [-0.3, -0.25) is 4.98 Å². The van der Waals surface area contributed by atoms with Crippen molar-refractivity contribution in [2.45, 2.75) is 20.3 Å². The van der Waals surface area contributed by atoms with Crippen LogP contribution >= 0.6 is 11.6 Å². The predicted molar refractivity (Wildman–Crippen MR) is 85.5 cm³/mol. The number of pyridine rings is 1. The van der Waals surface area contributed by atoms with E-state index in [0.29, 0.717) is 0 Å². The van der Waals surface area contributed by atoms with Gasteiger partial charge in [-0.25, -0.2) is 0 Å². The lowest BCUT2D eigenvalue weighted by atomic mass is 9.98. The Bertz CT molecular complexity index is 760. The van der Waals surface area contributed by atoms with Crippen LogP contribution in [-0.4, -0.2) is 4.98 Å². The van der Waals surface area contributed by atoms with Crippen LogP contribution in [0.2, 0.25) is 5.02 Å². The summed E-state index contributed by atoms with van der Waals surface area (Å²) in [6, 6.07) is 14.5. The van der Waals surface area contributed by atoms with Gasteiger partial charge in [-0.1, -0.05) is 35.4 Å². The van der Waals surface area contributed by atoms with Crippen molar-refractivity contribution < 1.29 is 0 Å². The molecule has 0 unspecified atom stereocenters. The van der Waals surface area contributed by atoms with E-state index in [1.54, 1.807) is 0 Å². The highest BCUT2D eigenvalue weighted by Crippen LogP contribution is 2.24. The Hall–Kier alpha value is -1.86. The number of halogens is 1. The third-order valence-electron chi connectivity index (χ3n) is 3.59. The first kappa shape index (κ1) is 13.1. The second kappa shape index (κ2) is 5.26. The van der Waals surface area contributed by atoms with E-state index in [4.69, 9.17) is 11.6 Å². The van der Waals surface area contributed by atoms with Gasteiger partial charge in [0.25, 0.3) is 0 Å². The summed E-state index contributed by atoms with van der Waals surface area (Å²) in [7, 11) is 0. The number of nitrogens with zero attached hydrogens (tertiary/aromatic N) is 1. The zero-order chi connectivity index (χ0) is 14.1. The molecule has 3 aromatic rings. The summed E-state index contributed by atoms with van der Waals surface area (Å²) in [5.74, 6) is 0. The Kier molecular flexibility index (Phi) is 3.45. The minimum Gasteiger partial charge on any atom is -0.256 e. The summed E-state index contributed by atoms with van der Waals surface area (Å²) in [6.45, 7) is 4.27. The van der Waals surface area contributed by atoms with Crippen molar-refractivity contribution in [3.63, 3.8) is 0 Å². The maximum Gasteiger partial charge on any atom is 0.0740 e. The topological polar surface area (TPSA) is 12.9 Å². The lowest BCUT2D eigenvalue weighted by Gasteiger charge is -2.10. The molecule has 0 aliphatic carbocycles. The van der Waals surface area contributed by atoms with Crippen LogP contribution in [0.4, 0.5) is 0 Å². The van der Waals surface area contributed by atoms with E-state index >= 15 is 0 Å². The number of benzene rings is 2. The molecule has 1 heterocycles. The van der Waals surface area contributed by atoms with E-state index < -0.39 is 0 Å². The fraction of sp³-hybridized carbons (Fsp3) is 0.167. The SMILES string of the molecule is Cc1cc(Cc2ccc(Cl)cc2)c2nccc(C)c2c1. The molecule has 0 atom stereocenters. The molecule has 0 bridgehead atoms. The van der Waals surface area contributed by atoms with Crippen LogP contribution in [0.15, 0.2) is 48.7 Å². The molecule has 0 radical (unpaired) electrons. The summed E-state index contributed by atoms with van der Waals surface area (Å²) in [5.41, 5.74) is 6.18. The van der Waals surface area contributed by atoms with Crippen molar-refractivity contribution in [2.75, 3.05) is 0 Å². The van der Waals surface area contributed by atoms with Crippen LogP contribution < -0.4 is 0 Å². The number of aryl methyl sites for hydroxylation is 2. The highest BCUT2D eigenvalue weighted by molar-refractivity contribution is 6.30. The molecule has 0 N–H and O–H groups in total. The second-order valence-electron chi connectivity index (χ2n) is 5.25. The lowest BCUT2D eigenvalue weighted by Crippen LogP contribution is -1.94. The summed E-state index contributed by atoms with van der Waals surface area (Å²) in [6.07, 6.45) is 2.77. The Morgan fingerprint density at radius 1 is 1.00 bits per heavy atom. The van der Waals surface area contributed by atoms with Gasteiger partial charge in [0.05, 0.1) is 5.52 Å². The number of rotatable bonds is 2. The lowest BCUT2D eigenvalue weighted by molar-refractivity contribution is 1.18. The van der Waals surface area contributed by atoms with Gasteiger partial charge < -0.3 is 0 Å². The molecule has 1 nitrogen and oxygen atoms in total. The predicted octanol–water partition coefficient (Wildman–Crippen LogP) is 5.10. The van der Waals surface area contributed by atoms with Crippen LogP contribution in [-0.2, 0) is 6.42 Å². The minimum absolute atomic E-state index is 0.775. The second-order valence-corrected chi connectivity index (χ2v) is 5.69. The van der Waals surface area contributed by atoms with E-state index in [-0.39, 0.29) is 0 Å². The molecule has 0 aliphatic rings. The molecule has 2 heteroatoms. The Morgan fingerprint density at radius 3 is 2.50 bits per heavy atom. The van der Waals surface area contributed by atoms with Crippen LogP contribution in [0.3, 0.4) is 0 Å². The van der Waals surface area contributed by atoms with Gasteiger partial charge in [-0.15, -0.1) is 0 Å². The highest BCUT2D eigenvalue weighted by Gasteiger charge is 2.07. The van der Waals surface area contributed by atoms with Crippen molar-refractivity contribution in [1.29, 1.82) is 0 Å². The van der Waals surface area contributed by atoms with Crippen molar-refractivity contribution in [3.05, 3.63) is 75.9 Å². The van der Waals surface area contributed by atoms with Crippen molar-refractivity contribution in [2.24, 2.45) is 0 Å². The van der Waals surface area contributed by atoms with Crippen LogP contribution in [0.25, 0.3) is 10.9 Å². The molecule has 0 fully saturated rings. The molecular weight excluding hydrogens is 266 g/mol. The van der Waals surface area contributed by atoms with Gasteiger partial charge in [0.15, 0.2) is 0 Å².